The lowest BCUT2D eigenvalue weighted by molar-refractivity contribution is 0.293. The molecule has 0 unspecified atom stereocenters. The average Bonchev–Trinajstić information content (AvgIpc) is 2.26. The Labute approximate surface area is 102 Å². The third kappa shape index (κ3) is 2.14. The van der Waals surface area contributed by atoms with Crippen LogP contribution in [0.2, 0.25) is 0 Å². The number of rotatable bonds is 0. The van der Waals surface area contributed by atoms with Crippen LogP contribution in [0, 0.1) is 6.92 Å². The van der Waals surface area contributed by atoms with E-state index >= 15 is 0 Å². The molecule has 92 valence electrons. The van der Waals surface area contributed by atoms with Crippen molar-refractivity contribution < 1.29 is 9.94 Å². The molecular weight excluding hydrogens is 214 g/mol. The molecule has 2 rings (SSSR count). The van der Waals surface area contributed by atoms with E-state index in [9.17, 15) is 0 Å². The van der Waals surface area contributed by atoms with Crippen LogP contribution in [0.25, 0.3) is 0 Å². The average molecular weight is 233 g/mol. The smallest absolute Gasteiger partial charge is 0.132 e. The molecular formula is C14H19NO2. The molecule has 0 spiro atoms. The highest BCUT2D eigenvalue weighted by molar-refractivity contribution is 6.04. The molecule has 0 fully saturated rings. The van der Waals surface area contributed by atoms with E-state index in [1.54, 1.807) is 0 Å². The summed E-state index contributed by atoms with van der Waals surface area (Å²) in [6, 6.07) is 4.18. The van der Waals surface area contributed by atoms with Gasteiger partial charge in [0, 0.05) is 17.5 Å². The minimum Gasteiger partial charge on any atom is -0.492 e. The van der Waals surface area contributed by atoms with Crippen LogP contribution in [0.15, 0.2) is 17.3 Å². The number of oxime groups is 1. The first kappa shape index (κ1) is 12.0. The van der Waals surface area contributed by atoms with Gasteiger partial charge in [0.1, 0.15) is 5.75 Å². The largest absolute Gasteiger partial charge is 0.492 e. The maximum atomic E-state index is 9.05. The second kappa shape index (κ2) is 4.06. The van der Waals surface area contributed by atoms with Crippen molar-refractivity contribution in [2.45, 2.75) is 39.5 Å². The van der Waals surface area contributed by atoms with Crippen LogP contribution in [0.3, 0.4) is 0 Å². The molecule has 1 aliphatic heterocycles. The SMILES string of the molecule is Cc1cc2c(c(C(C)(C)C)c1)OCC/C2=N\O. The van der Waals surface area contributed by atoms with Gasteiger partial charge < -0.3 is 9.94 Å². The molecule has 1 N–H and O–H groups in total. The van der Waals surface area contributed by atoms with Crippen molar-refractivity contribution in [1.82, 2.24) is 0 Å². The number of hydrogen-bond acceptors (Lipinski definition) is 3. The second-order valence-corrected chi connectivity index (χ2v) is 5.58. The van der Waals surface area contributed by atoms with Gasteiger partial charge in [-0.2, -0.15) is 0 Å². The molecule has 17 heavy (non-hydrogen) atoms. The van der Waals surface area contributed by atoms with Gasteiger partial charge in [-0.25, -0.2) is 0 Å². The highest BCUT2D eigenvalue weighted by Gasteiger charge is 2.26. The maximum absolute atomic E-state index is 9.05. The van der Waals surface area contributed by atoms with Gasteiger partial charge in [-0.1, -0.05) is 32.0 Å². The predicted molar refractivity (Wildman–Crippen MR) is 68.3 cm³/mol. The summed E-state index contributed by atoms with van der Waals surface area (Å²) in [4.78, 5) is 0. The molecule has 1 aliphatic rings. The molecule has 1 aromatic carbocycles. The van der Waals surface area contributed by atoms with E-state index in [0.717, 1.165) is 17.0 Å². The molecule has 0 saturated heterocycles. The molecule has 1 heterocycles. The lowest BCUT2D eigenvalue weighted by Gasteiger charge is -2.28. The summed E-state index contributed by atoms with van der Waals surface area (Å²) < 4.78 is 5.78. The fraction of sp³-hybridized carbons (Fsp3) is 0.500. The fourth-order valence-electron chi connectivity index (χ4n) is 2.19. The minimum absolute atomic E-state index is 0.0218. The maximum Gasteiger partial charge on any atom is 0.132 e. The van der Waals surface area contributed by atoms with Gasteiger partial charge >= 0.3 is 0 Å². The lowest BCUT2D eigenvalue weighted by atomic mass is 9.83. The number of fused-ring (bicyclic) bond motifs is 1. The van der Waals surface area contributed by atoms with Crippen molar-refractivity contribution in [3.63, 3.8) is 0 Å². The Morgan fingerprint density at radius 3 is 2.59 bits per heavy atom. The molecule has 0 bridgehead atoms. The van der Waals surface area contributed by atoms with Crippen molar-refractivity contribution in [2.75, 3.05) is 6.61 Å². The summed E-state index contributed by atoms with van der Waals surface area (Å²) in [5.74, 6) is 0.877. The molecule has 1 aromatic rings. The predicted octanol–water partition coefficient (Wildman–Crippen LogP) is 3.25. The zero-order chi connectivity index (χ0) is 12.6. The summed E-state index contributed by atoms with van der Waals surface area (Å²) in [5.41, 5.74) is 4.02. The highest BCUT2D eigenvalue weighted by atomic mass is 16.5. The Morgan fingerprint density at radius 1 is 1.29 bits per heavy atom. The van der Waals surface area contributed by atoms with Crippen molar-refractivity contribution in [3.8, 4) is 5.75 Å². The zero-order valence-electron chi connectivity index (χ0n) is 10.9. The Kier molecular flexibility index (Phi) is 2.86. The molecule has 0 atom stereocenters. The molecule has 0 radical (unpaired) electrons. The van der Waals surface area contributed by atoms with E-state index in [4.69, 9.17) is 9.94 Å². The van der Waals surface area contributed by atoms with Gasteiger partial charge in [0.05, 0.1) is 12.3 Å². The van der Waals surface area contributed by atoms with Gasteiger partial charge in [0.2, 0.25) is 0 Å². The van der Waals surface area contributed by atoms with Gasteiger partial charge in [-0.3, -0.25) is 0 Å². The summed E-state index contributed by atoms with van der Waals surface area (Å²) in [6.07, 6.45) is 0.663. The molecule has 3 heteroatoms. The normalized spacial score (nSPS) is 17.8. The summed E-state index contributed by atoms with van der Waals surface area (Å²) >= 11 is 0. The Balaban J connectivity index is 2.68. The van der Waals surface area contributed by atoms with Crippen molar-refractivity contribution >= 4 is 5.71 Å². The molecule has 0 aliphatic carbocycles. The van der Waals surface area contributed by atoms with Crippen LogP contribution in [0.5, 0.6) is 5.75 Å². The Bertz CT molecular complexity index is 470. The van der Waals surface area contributed by atoms with Crippen LogP contribution >= 0.6 is 0 Å². The number of aryl methyl sites for hydroxylation is 1. The van der Waals surface area contributed by atoms with Crippen LogP contribution in [-0.4, -0.2) is 17.5 Å². The third-order valence-electron chi connectivity index (χ3n) is 3.06. The van der Waals surface area contributed by atoms with Crippen molar-refractivity contribution in [3.05, 3.63) is 28.8 Å². The van der Waals surface area contributed by atoms with Gasteiger partial charge in [0.15, 0.2) is 0 Å². The van der Waals surface area contributed by atoms with Crippen LogP contribution in [-0.2, 0) is 5.41 Å². The number of ether oxygens (including phenoxy) is 1. The van der Waals surface area contributed by atoms with E-state index < -0.39 is 0 Å². The highest BCUT2D eigenvalue weighted by Crippen LogP contribution is 2.37. The van der Waals surface area contributed by atoms with E-state index in [-0.39, 0.29) is 5.41 Å². The van der Waals surface area contributed by atoms with E-state index in [2.05, 4.69) is 38.9 Å². The minimum atomic E-state index is 0.0218. The van der Waals surface area contributed by atoms with E-state index in [1.165, 1.54) is 11.1 Å². The van der Waals surface area contributed by atoms with Crippen LogP contribution in [0.1, 0.15) is 43.9 Å². The fourth-order valence-corrected chi connectivity index (χ4v) is 2.19. The first-order valence-corrected chi connectivity index (χ1v) is 5.92. The monoisotopic (exact) mass is 233 g/mol. The lowest BCUT2D eigenvalue weighted by Crippen LogP contribution is -2.22. The zero-order valence-corrected chi connectivity index (χ0v) is 10.9. The summed E-state index contributed by atoms with van der Waals surface area (Å²) in [5, 5.41) is 12.4. The quantitative estimate of drug-likeness (QED) is 0.552. The van der Waals surface area contributed by atoms with Gasteiger partial charge in [0.25, 0.3) is 0 Å². The second-order valence-electron chi connectivity index (χ2n) is 5.58. The number of nitrogens with zero attached hydrogens (tertiary/aromatic N) is 1. The van der Waals surface area contributed by atoms with Crippen molar-refractivity contribution in [1.29, 1.82) is 0 Å². The first-order valence-electron chi connectivity index (χ1n) is 5.92. The van der Waals surface area contributed by atoms with Crippen LogP contribution < -0.4 is 4.74 Å². The summed E-state index contributed by atoms with van der Waals surface area (Å²) in [6.45, 7) is 9.12. The van der Waals surface area contributed by atoms with Crippen molar-refractivity contribution in [2.24, 2.45) is 5.16 Å². The first-order chi connectivity index (χ1) is 7.93. The Hall–Kier alpha value is -1.51. The number of benzene rings is 1. The summed E-state index contributed by atoms with van der Waals surface area (Å²) in [7, 11) is 0. The van der Waals surface area contributed by atoms with Gasteiger partial charge in [-0.05, 0) is 24.0 Å². The Morgan fingerprint density at radius 2 is 2.00 bits per heavy atom. The molecule has 0 saturated carbocycles. The third-order valence-corrected chi connectivity index (χ3v) is 3.06. The molecule has 0 aromatic heterocycles. The van der Waals surface area contributed by atoms with E-state index in [0.29, 0.717) is 13.0 Å². The van der Waals surface area contributed by atoms with Gasteiger partial charge in [-0.15, -0.1) is 0 Å². The topological polar surface area (TPSA) is 41.8 Å². The van der Waals surface area contributed by atoms with Crippen LogP contribution in [0.4, 0.5) is 0 Å². The standard InChI is InChI=1S/C14H19NO2/c1-9-7-10-12(15-16)5-6-17-13(10)11(8-9)14(2,3)4/h7-8,16H,5-6H2,1-4H3/b15-12+. The molecule has 0 amide bonds. The van der Waals surface area contributed by atoms with E-state index in [1.807, 2.05) is 6.07 Å². The molecule has 3 nitrogen and oxygen atoms in total. The number of hydrogen-bond donors (Lipinski definition) is 1.